The predicted octanol–water partition coefficient (Wildman–Crippen LogP) is 3.57. The van der Waals surface area contributed by atoms with Crippen LogP contribution in [0.25, 0.3) is 0 Å². The minimum absolute atomic E-state index is 0.0485. The van der Waals surface area contributed by atoms with Crippen LogP contribution in [0.1, 0.15) is 17.5 Å². The summed E-state index contributed by atoms with van der Waals surface area (Å²) in [5.41, 5.74) is 1.10. The van der Waals surface area contributed by atoms with Gasteiger partial charge in [-0.15, -0.1) is 0 Å². The molecule has 150 valence electrons. The molecule has 1 heterocycles. The lowest BCUT2D eigenvalue weighted by Gasteiger charge is -2.24. The largest absolute Gasteiger partial charge is 0.308 e. The lowest BCUT2D eigenvalue weighted by molar-refractivity contribution is -0.117. The van der Waals surface area contributed by atoms with E-state index in [-0.39, 0.29) is 29.9 Å². The van der Waals surface area contributed by atoms with Crippen LogP contribution in [0.5, 0.6) is 0 Å². The van der Waals surface area contributed by atoms with Crippen molar-refractivity contribution in [1.82, 2.24) is 4.57 Å². The van der Waals surface area contributed by atoms with Gasteiger partial charge in [0.1, 0.15) is 23.0 Å². The second-order valence-corrected chi connectivity index (χ2v) is 6.50. The Morgan fingerprint density at radius 2 is 1.73 bits per heavy atom. The number of amides is 1. The van der Waals surface area contributed by atoms with E-state index in [9.17, 15) is 13.6 Å². The molecule has 2 aromatic carbocycles. The summed E-state index contributed by atoms with van der Waals surface area (Å²) in [6.07, 6.45) is 1.17. The average Bonchev–Trinajstić information content (AvgIpc) is 2.71. The molecular formula is C22H17F2N5O. The topological polar surface area (TPSA) is 96.7 Å². The van der Waals surface area contributed by atoms with E-state index in [1.54, 1.807) is 24.3 Å². The second-order valence-electron chi connectivity index (χ2n) is 6.50. The minimum Gasteiger partial charge on any atom is -0.308 e. The van der Waals surface area contributed by atoms with Crippen LogP contribution >= 0.6 is 0 Å². The summed E-state index contributed by atoms with van der Waals surface area (Å²) in [5.74, 6) is -2.13. The van der Waals surface area contributed by atoms with Crippen LogP contribution in [0.2, 0.25) is 0 Å². The number of pyridine rings is 1. The van der Waals surface area contributed by atoms with Crippen molar-refractivity contribution >= 4 is 17.4 Å². The summed E-state index contributed by atoms with van der Waals surface area (Å²) in [7, 11) is 0. The number of carbonyl (C=O) groups is 1. The van der Waals surface area contributed by atoms with E-state index < -0.39 is 17.5 Å². The van der Waals surface area contributed by atoms with Crippen molar-refractivity contribution in [2.75, 3.05) is 4.90 Å². The van der Waals surface area contributed by atoms with Gasteiger partial charge in [-0.3, -0.25) is 20.2 Å². The van der Waals surface area contributed by atoms with Gasteiger partial charge in [0.25, 0.3) is 0 Å². The highest BCUT2D eigenvalue weighted by molar-refractivity contribution is 6.06. The molecule has 3 rings (SSSR count). The van der Waals surface area contributed by atoms with Crippen molar-refractivity contribution in [1.29, 1.82) is 16.1 Å². The van der Waals surface area contributed by atoms with Gasteiger partial charge in [0, 0.05) is 18.0 Å². The van der Waals surface area contributed by atoms with Gasteiger partial charge in [0.15, 0.2) is 0 Å². The Hall–Kier alpha value is -4.12. The SMILES string of the molecule is N#Cc1ccc(N(Cc2cc(F)cc(F)c2)C(=O)CC(=N)n2ccccc2=N)cc1. The lowest BCUT2D eigenvalue weighted by atomic mass is 10.1. The van der Waals surface area contributed by atoms with Crippen LogP contribution in [-0.4, -0.2) is 16.3 Å². The summed E-state index contributed by atoms with van der Waals surface area (Å²) in [4.78, 5) is 14.3. The van der Waals surface area contributed by atoms with Gasteiger partial charge in [0.05, 0.1) is 24.6 Å². The fraction of sp³-hybridized carbons (Fsp3) is 0.0909. The van der Waals surface area contributed by atoms with Gasteiger partial charge >= 0.3 is 0 Å². The highest BCUT2D eigenvalue weighted by Crippen LogP contribution is 2.20. The van der Waals surface area contributed by atoms with E-state index in [1.165, 1.54) is 33.9 Å². The highest BCUT2D eigenvalue weighted by Gasteiger charge is 2.19. The molecule has 6 nitrogen and oxygen atoms in total. The van der Waals surface area contributed by atoms with Gasteiger partial charge in [-0.2, -0.15) is 5.26 Å². The molecule has 2 N–H and O–H groups in total. The number of halogens is 2. The molecule has 0 unspecified atom stereocenters. The number of benzene rings is 2. The molecule has 0 saturated carbocycles. The molecule has 0 aliphatic carbocycles. The predicted molar refractivity (Wildman–Crippen MR) is 107 cm³/mol. The van der Waals surface area contributed by atoms with Crippen LogP contribution in [0.15, 0.2) is 66.9 Å². The first kappa shape index (κ1) is 20.6. The Morgan fingerprint density at radius 1 is 1.07 bits per heavy atom. The molecule has 1 aromatic heterocycles. The number of anilines is 1. The van der Waals surface area contributed by atoms with Gasteiger partial charge in [-0.25, -0.2) is 8.78 Å². The molecule has 8 heteroatoms. The number of nitrogens with one attached hydrogen (secondary N) is 2. The molecule has 0 aliphatic rings. The van der Waals surface area contributed by atoms with Crippen molar-refractivity contribution in [3.8, 4) is 6.07 Å². The zero-order valence-electron chi connectivity index (χ0n) is 15.8. The third-order valence-electron chi connectivity index (χ3n) is 4.34. The molecule has 0 fully saturated rings. The van der Waals surface area contributed by atoms with Crippen molar-refractivity contribution in [3.05, 3.63) is 95.1 Å². The third-order valence-corrected chi connectivity index (χ3v) is 4.34. The molecule has 0 spiro atoms. The number of nitriles is 1. The number of nitrogens with zero attached hydrogens (tertiary/aromatic N) is 3. The van der Waals surface area contributed by atoms with Gasteiger partial charge in [-0.1, -0.05) is 6.07 Å². The number of aromatic nitrogens is 1. The maximum Gasteiger partial charge on any atom is 0.234 e. The Balaban J connectivity index is 1.92. The summed E-state index contributed by atoms with van der Waals surface area (Å²) in [5, 5.41) is 25.1. The first-order valence-corrected chi connectivity index (χ1v) is 8.93. The lowest BCUT2D eigenvalue weighted by Crippen LogP contribution is -2.35. The average molecular weight is 405 g/mol. The fourth-order valence-electron chi connectivity index (χ4n) is 2.93. The fourth-order valence-corrected chi connectivity index (χ4v) is 2.93. The van der Waals surface area contributed by atoms with Crippen molar-refractivity contribution in [3.63, 3.8) is 0 Å². The molecule has 0 saturated heterocycles. The maximum absolute atomic E-state index is 13.6. The molecule has 1 amide bonds. The Labute approximate surface area is 171 Å². The first-order valence-electron chi connectivity index (χ1n) is 8.93. The molecule has 0 aliphatic heterocycles. The molecule has 30 heavy (non-hydrogen) atoms. The minimum atomic E-state index is -0.761. The van der Waals surface area contributed by atoms with E-state index in [2.05, 4.69) is 0 Å². The van der Waals surface area contributed by atoms with E-state index in [0.29, 0.717) is 11.3 Å². The summed E-state index contributed by atoms with van der Waals surface area (Å²) in [6.45, 7) is -0.125. The number of hydrogen-bond acceptors (Lipinski definition) is 4. The summed E-state index contributed by atoms with van der Waals surface area (Å²) < 4.78 is 28.5. The van der Waals surface area contributed by atoms with Crippen molar-refractivity contribution in [2.45, 2.75) is 13.0 Å². The Morgan fingerprint density at radius 3 is 2.33 bits per heavy atom. The molecule has 3 aromatic rings. The monoisotopic (exact) mass is 405 g/mol. The molecule has 0 radical (unpaired) electrons. The first-order chi connectivity index (χ1) is 14.4. The van der Waals surface area contributed by atoms with E-state index in [4.69, 9.17) is 16.1 Å². The molecule has 0 atom stereocenters. The van der Waals surface area contributed by atoms with Crippen LogP contribution in [0.4, 0.5) is 14.5 Å². The third kappa shape index (κ3) is 4.83. The normalized spacial score (nSPS) is 10.3. The standard InChI is InChI=1S/C22H17F2N5O/c23-17-9-16(10-18(24)11-17)14-29(19-6-4-15(13-25)5-7-19)22(30)12-21(27)28-8-2-1-3-20(28)26/h1-11,26-27H,12,14H2. The van der Waals surface area contributed by atoms with E-state index in [0.717, 1.165) is 18.2 Å². The van der Waals surface area contributed by atoms with Crippen LogP contribution in [-0.2, 0) is 11.3 Å². The van der Waals surface area contributed by atoms with E-state index in [1.807, 2.05) is 6.07 Å². The summed E-state index contributed by atoms with van der Waals surface area (Å²) in [6, 6.07) is 15.9. The zero-order chi connectivity index (χ0) is 21.7. The Kier molecular flexibility index (Phi) is 6.13. The zero-order valence-corrected chi connectivity index (χ0v) is 15.8. The molecule has 0 bridgehead atoms. The van der Waals surface area contributed by atoms with Crippen LogP contribution < -0.4 is 10.4 Å². The summed E-state index contributed by atoms with van der Waals surface area (Å²) >= 11 is 0. The van der Waals surface area contributed by atoms with Crippen molar-refractivity contribution in [2.24, 2.45) is 0 Å². The quantitative estimate of drug-likeness (QED) is 0.501. The highest BCUT2D eigenvalue weighted by atomic mass is 19.1. The maximum atomic E-state index is 13.6. The van der Waals surface area contributed by atoms with Crippen LogP contribution in [0, 0.1) is 33.8 Å². The smallest absolute Gasteiger partial charge is 0.234 e. The van der Waals surface area contributed by atoms with Gasteiger partial charge in [-0.05, 0) is 54.1 Å². The van der Waals surface area contributed by atoms with Crippen LogP contribution in [0.3, 0.4) is 0 Å². The number of carbonyl (C=O) groups excluding carboxylic acids is 1. The van der Waals surface area contributed by atoms with Gasteiger partial charge < -0.3 is 4.90 Å². The molecular weight excluding hydrogens is 388 g/mol. The van der Waals surface area contributed by atoms with Gasteiger partial charge in [0.2, 0.25) is 5.91 Å². The Bertz CT molecular complexity index is 1170. The number of rotatable bonds is 5. The van der Waals surface area contributed by atoms with Crippen molar-refractivity contribution < 1.29 is 13.6 Å². The van der Waals surface area contributed by atoms with E-state index >= 15 is 0 Å². The number of hydrogen-bond donors (Lipinski definition) is 2. The second kappa shape index (κ2) is 8.92.